The van der Waals surface area contributed by atoms with Gasteiger partial charge in [-0.25, -0.2) is 4.79 Å². The second-order valence-corrected chi connectivity index (χ2v) is 6.80. The van der Waals surface area contributed by atoms with Crippen molar-refractivity contribution < 1.29 is 19.1 Å². The Morgan fingerprint density at radius 2 is 1.50 bits per heavy atom. The zero-order chi connectivity index (χ0) is 19.2. The van der Waals surface area contributed by atoms with Gasteiger partial charge in [-0.15, -0.1) is 0 Å². The Morgan fingerprint density at radius 3 is 2.08 bits per heavy atom. The number of hydrogen-bond acceptors (Lipinski definition) is 4. The molecule has 138 valence electrons. The van der Waals surface area contributed by atoms with Crippen LogP contribution >= 0.6 is 0 Å². The van der Waals surface area contributed by atoms with Crippen molar-refractivity contribution >= 4 is 17.7 Å². The molecular formula is C20H24N2O4. The Balaban J connectivity index is 1.87. The van der Waals surface area contributed by atoms with Gasteiger partial charge < -0.3 is 20.1 Å². The van der Waals surface area contributed by atoms with Crippen molar-refractivity contribution in [1.29, 1.82) is 0 Å². The fourth-order valence-electron chi connectivity index (χ4n) is 2.03. The van der Waals surface area contributed by atoms with E-state index in [2.05, 4.69) is 10.6 Å². The molecule has 0 fully saturated rings. The molecule has 0 saturated heterocycles. The van der Waals surface area contributed by atoms with Crippen molar-refractivity contribution in [2.24, 2.45) is 0 Å². The maximum atomic E-state index is 12.2. The van der Waals surface area contributed by atoms with Gasteiger partial charge in [0.2, 0.25) is 5.91 Å². The molecule has 0 aliphatic heterocycles. The summed E-state index contributed by atoms with van der Waals surface area (Å²) in [4.78, 5) is 23.9. The van der Waals surface area contributed by atoms with E-state index in [1.807, 2.05) is 30.3 Å². The molecule has 0 radical (unpaired) electrons. The normalized spacial score (nSPS) is 12.0. The van der Waals surface area contributed by atoms with E-state index in [1.165, 1.54) is 0 Å². The first kappa shape index (κ1) is 19.3. The van der Waals surface area contributed by atoms with Gasteiger partial charge in [0.05, 0.1) is 0 Å². The average Bonchev–Trinajstić information content (AvgIpc) is 2.55. The zero-order valence-corrected chi connectivity index (χ0v) is 15.4. The average molecular weight is 356 g/mol. The molecule has 6 nitrogen and oxygen atoms in total. The number of carbonyl (C=O) groups excluding carboxylic acids is 2. The molecule has 0 aliphatic carbocycles. The summed E-state index contributed by atoms with van der Waals surface area (Å²) in [5.74, 6) is 1.06. The first-order chi connectivity index (χ1) is 12.2. The Morgan fingerprint density at radius 1 is 0.923 bits per heavy atom. The van der Waals surface area contributed by atoms with E-state index < -0.39 is 17.7 Å². The van der Waals surface area contributed by atoms with Crippen LogP contribution in [0.15, 0.2) is 54.6 Å². The maximum absolute atomic E-state index is 12.2. The first-order valence-corrected chi connectivity index (χ1v) is 8.36. The lowest BCUT2D eigenvalue weighted by Crippen LogP contribution is -2.43. The van der Waals surface area contributed by atoms with Crippen LogP contribution in [-0.2, 0) is 9.53 Å². The third-order valence-corrected chi connectivity index (χ3v) is 3.23. The summed E-state index contributed by atoms with van der Waals surface area (Å²) in [5.41, 5.74) is -0.0113. The second kappa shape index (κ2) is 8.38. The zero-order valence-electron chi connectivity index (χ0n) is 15.4. The summed E-state index contributed by atoms with van der Waals surface area (Å²) in [6, 6.07) is 15.7. The van der Waals surface area contributed by atoms with Crippen LogP contribution in [0.5, 0.6) is 11.5 Å². The minimum Gasteiger partial charge on any atom is -0.457 e. The summed E-state index contributed by atoms with van der Waals surface area (Å²) in [6.07, 6.45) is -0.633. The first-order valence-electron chi connectivity index (χ1n) is 8.36. The lowest BCUT2D eigenvalue weighted by molar-refractivity contribution is -0.117. The molecule has 2 aromatic carbocycles. The van der Waals surface area contributed by atoms with E-state index in [1.54, 1.807) is 52.0 Å². The lowest BCUT2D eigenvalue weighted by atomic mass is 10.2. The van der Waals surface area contributed by atoms with Gasteiger partial charge in [0.15, 0.2) is 0 Å². The summed E-state index contributed by atoms with van der Waals surface area (Å²) in [5, 5.41) is 5.24. The SMILES string of the molecule is C[C@@H](NC(=O)OC(C)(C)C)C(=O)Nc1ccc(Oc2ccccc2)cc1. The predicted octanol–water partition coefficient (Wildman–Crippen LogP) is 4.33. The van der Waals surface area contributed by atoms with Crippen LogP contribution in [0.1, 0.15) is 27.7 Å². The molecule has 2 aromatic rings. The lowest BCUT2D eigenvalue weighted by Gasteiger charge is -2.21. The number of ether oxygens (including phenoxy) is 2. The molecule has 2 rings (SSSR count). The molecule has 0 unspecified atom stereocenters. The van der Waals surface area contributed by atoms with Crippen molar-refractivity contribution in [3.8, 4) is 11.5 Å². The predicted molar refractivity (Wildman–Crippen MR) is 100 cm³/mol. The highest BCUT2D eigenvalue weighted by Crippen LogP contribution is 2.22. The summed E-state index contributed by atoms with van der Waals surface area (Å²) < 4.78 is 10.8. The molecule has 0 saturated carbocycles. The van der Waals surface area contributed by atoms with Gasteiger partial charge in [0.1, 0.15) is 23.1 Å². The van der Waals surface area contributed by atoms with E-state index in [0.717, 1.165) is 5.75 Å². The van der Waals surface area contributed by atoms with Crippen molar-refractivity contribution in [2.75, 3.05) is 5.32 Å². The Hall–Kier alpha value is -3.02. The van der Waals surface area contributed by atoms with E-state index in [9.17, 15) is 9.59 Å². The number of para-hydroxylation sites is 1. The summed E-state index contributed by atoms with van der Waals surface area (Å²) >= 11 is 0. The van der Waals surface area contributed by atoms with Crippen LogP contribution in [0, 0.1) is 0 Å². The quantitative estimate of drug-likeness (QED) is 0.836. The number of benzene rings is 2. The Kier molecular flexibility index (Phi) is 6.22. The number of alkyl carbamates (subject to hydrolysis) is 1. The third-order valence-electron chi connectivity index (χ3n) is 3.23. The second-order valence-electron chi connectivity index (χ2n) is 6.80. The van der Waals surface area contributed by atoms with Crippen LogP contribution in [-0.4, -0.2) is 23.6 Å². The van der Waals surface area contributed by atoms with Crippen molar-refractivity contribution in [3.63, 3.8) is 0 Å². The largest absolute Gasteiger partial charge is 0.457 e. The smallest absolute Gasteiger partial charge is 0.408 e. The van der Waals surface area contributed by atoms with Crippen LogP contribution in [0.4, 0.5) is 10.5 Å². The van der Waals surface area contributed by atoms with E-state index in [4.69, 9.17) is 9.47 Å². The monoisotopic (exact) mass is 356 g/mol. The van der Waals surface area contributed by atoms with Crippen LogP contribution < -0.4 is 15.4 Å². The topological polar surface area (TPSA) is 76.7 Å². The molecule has 2 N–H and O–H groups in total. The molecule has 26 heavy (non-hydrogen) atoms. The van der Waals surface area contributed by atoms with Gasteiger partial charge in [0.25, 0.3) is 0 Å². The third kappa shape index (κ3) is 6.47. The van der Waals surface area contributed by atoms with Gasteiger partial charge in [-0.1, -0.05) is 18.2 Å². The highest BCUT2D eigenvalue weighted by atomic mass is 16.6. The number of carbonyl (C=O) groups is 2. The fraction of sp³-hybridized carbons (Fsp3) is 0.300. The molecule has 0 aromatic heterocycles. The van der Waals surface area contributed by atoms with Crippen molar-refractivity contribution in [2.45, 2.75) is 39.3 Å². The molecule has 1 atom stereocenters. The van der Waals surface area contributed by atoms with E-state index >= 15 is 0 Å². The number of amides is 2. The number of nitrogens with one attached hydrogen (secondary N) is 2. The van der Waals surface area contributed by atoms with Crippen molar-refractivity contribution in [3.05, 3.63) is 54.6 Å². The van der Waals surface area contributed by atoms with E-state index in [-0.39, 0.29) is 5.91 Å². The standard InChI is InChI=1S/C20H24N2O4/c1-14(21-19(24)26-20(2,3)4)18(23)22-15-10-12-17(13-11-15)25-16-8-6-5-7-9-16/h5-14H,1-4H3,(H,21,24)(H,22,23)/t14-/m1/s1. The van der Waals surface area contributed by atoms with Crippen LogP contribution in [0.25, 0.3) is 0 Å². The van der Waals surface area contributed by atoms with Gasteiger partial charge in [0, 0.05) is 5.69 Å². The highest BCUT2D eigenvalue weighted by Gasteiger charge is 2.21. The maximum Gasteiger partial charge on any atom is 0.408 e. The number of rotatable bonds is 5. The summed E-state index contributed by atoms with van der Waals surface area (Å²) in [7, 11) is 0. The van der Waals surface area contributed by atoms with Gasteiger partial charge in [-0.3, -0.25) is 4.79 Å². The molecule has 2 amide bonds. The molecule has 0 aliphatic rings. The molecular weight excluding hydrogens is 332 g/mol. The molecule has 0 heterocycles. The Bertz CT molecular complexity index is 737. The van der Waals surface area contributed by atoms with Gasteiger partial charge in [-0.05, 0) is 64.1 Å². The Labute approximate surface area is 153 Å². The van der Waals surface area contributed by atoms with Gasteiger partial charge >= 0.3 is 6.09 Å². The highest BCUT2D eigenvalue weighted by molar-refractivity contribution is 5.96. The van der Waals surface area contributed by atoms with E-state index in [0.29, 0.717) is 11.4 Å². The number of anilines is 1. The van der Waals surface area contributed by atoms with Crippen molar-refractivity contribution in [1.82, 2.24) is 5.32 Å². The molecule has 0 spiro atoms. The molecule has 6 heteroatoms. The number of hydrogen-bond donors (Lipinski definition) is 2. The van der Waals surface area contributed by atoms with Crippen LogP contribution in [0.2, 0.25) is 0 Å². The summed E-state index contributed by atoms with van der Waals surface area (Å²) in [6.45, 7) is 6.87. The fourth-order valence-corrected chi connectivity index (χ4v) is 2.03. The van der Waals surface area contributed by atoms with Crippen LogP contribution in [0.3, 0.4) is 0 Å². The molecule has 0 bridgehead atoms. The minimum absolute atomic E-state index is 0.340. The van der Waals surface area contributed by atoms with Gasteiger partial charge in [-0.2, -0.15) is 0 Å². The minimum atomic E-state index is -0.731.